The topological polar surface area (TPSA) is 134 Å². The summed E-state index contributed by atoms with van der Waals surface area (Å²) in [6.45, 7) is 9.74. The summed E-state index contributed by atoms with van der Waals surface area (Å²) in [5, 5.41) is 7.31. The molecule has 29 heavy (non-hydrogen) atoms. The van der Waals surface area contributed by atoms with E-state index in [4.69, 9.17) is 4.74 Å². The summed E-state index contributed by atoms with van der Waals surface area (Å²) < 4.78 is 4.98. The molecule has 0 aromatic carbocycles. The van der Waals surface area contributed by atoms with E-state index in [1.54, 1.807) is 20.8 Å². The number of hydrogen-bond donors (Lipinski definition) is 3. The van der Waals surface area contributed by atoms with Gasteiger partial charge in [-0.15, -0.1) is 0 Å². The van der Waals surface area contributed by atoms with Crippen LogP contribution in [0.25, 0.3) is 0 Å². The summed E-state index contributed by atoms with van der Waals surface area (Å²) in [4.78, 5) is 61.7. The van der Waals surface area contributed by atoms with Crippen LogP contribution in [-0.4, -0.2) is 58.5 Å². The second kappa shape index (κ2) is 9.71. The predicted octanol–water partition coefficient (Wildman–Crippen LogP) is 1.43. The van der Waals surface area contributed by atoms with Crippen LogP contribution in [0.1, 0.15) is 67.2 Å². The van der Waals surface area contributed by atoms with Gasteiger partial charge in [-0.05, 0) is 40.5 Å². The lowest BCUT2D eigenvalue weighted by Crippen LogP contribution is -2.51. The first-order valence-corrected chi connectivity index (χ1v) is 9.81. The van der Waals surface area contributed by atoms with Gasteiger partial charge in [-0.2, -0.15) is 0 Å². The molecule has 6 amide bonds. The zero-order chi connectivity index (χ0) is 22.4. The number of carbonyl (C=O) groups excluding carboxylic acids is 5. The third-order valence-corrected chi connectivity index (χ3v) is 4.29. The van der Waals surface area contributed by atoms with E-state index in [9.17, 15) is 24.0 Å². The summed E-state index contributed by atoms with van der Waals surface area (Å²) in [6, 6.07) is -1.38. The Morgan fingerprint density at radius 3 is 2.17 bits per heavy atom. The Kier molecular flexibility index (Phi) is 8.16. The summed E-state index contributed by atoms with van der Waals surface area (Å²) >= 11 is 0. The second-order valence-corrected chi connectivity index (χ2v) is 8.23. The molecule has 1 saturated heterocycles. The highest BCUT2D eigenvalue weighted by atomic mass is 16.5. The third kappa shape index (κ3) is 6.72. The molecule has 1 aliphatic rings. The quantitative estimate of drug-likeness (QED) is 0.408. The summed E-state index contributed by atoms with van der Waals surface area (Å²) in [5.74, 6) is -2.20. The smallest absolute Gasteiger partial charge is 0.327 e. The fourth-order valence-corrected chi connectivity index (χ4v) is 3.14. The Labute approximate surface area is 171 Å². The number of rotatable bonds is 8. The molecule has 1 rings (SSSR count). The molecule has 10 heteroatoms. The van der Waals surface area contributed by atoms with Crippen LogP contribution in [-0.2, 0) is 19.1 Å². The Balaban J connectivity index is 2.67. The van der Waals surface area contributed by atoms with Gasteiger partial charge in [0.25, 0.3) is 11.8 Å². The highest BCUT2D eigenvalue weighted by molar-refractivity contribution is 6.08. The van der Waals surface area contributed by atoms with E-state index in [0.717, 1.165) is 4.90 Å². The van der Waals surface area contributed by atoms with Crippen molar-refractivity contribution in [1.29, 1.82) is 0 Å². The number of carbonyl (C=O) groups is 5. The zero-order valence-electron chi connectivity index (χ0n) is 18.0. The lowest BCUT2D eigenvalue weighted by Gasteiger charge is -2.25. The van der Waals surface area contributed by atoms with Crippen LogP contribution in [0.4, 0.5) is 9.59 Å². The molecule has 1 aliphatic heterocycles. The summed E-state index contributed by atoms with van der Waals surface area (Å²) in [7, 11) is 0. The molecule has 0 aromatic heterocycles. The van der Waals surface area contributed by atoms with E-state index in [1.165, 1.54) is 6.92 Å². The van der Waals surface area contributed by atoms with Crippen LogP contribution in [0.15, 0.2) is 0 Å². The monoisotopic (exact) mass is 412 g/mol. The van der Waals surface area contributed by atoms with Gasteiger partial charge < -0.3 is 15.4 Å². The van der Waals surface area contributed by atoms with Gasteiger partial charge in [0.2, 0.25) is 0 Å². The largest absolute Gasteiger partial charge is 0.451 e. The van der Waals surface area contributed by atoms with Gasteiger partial charge in [-0.1, -0.05) is 26.7 Å². The van der Waals surface area contributed by atoms with Crippen molar-refractivity contribution in [2.75, 3.05) is 6.54 Å². The minimum atomic E-state index is -1.27. The standard InChI is InChI=1S/C19H32N4O6/c1-7-9-19(10-8-2)15(26)23(17(28)22-19)11-13(24)29-12(3)14(25)20-16(27)21-18(4,5)6/h12H,7-11H2,1-6H3,(H,22,28)(H2,20,21,25,27)/t12-/m0/s1. The predicted molar refractivity (Wildman–Crippen MR) is 105 cm³/mol. The van der Waals surface area contributed by atoms with Crippen LogP contribution < -0.4 is 16.0 Å². The Hall–Kier alpha value is -2.65. The van der Waals surface area contributed by atoms with Crippen molar-refractivity contribution < 1.29 is 28.7 Å². The van der Waals surface area contributed by atoms with Crippen molar-refractivity contribution in [3.8, 4) is 0 Å². The Morgan fingerprint density at radius 2 is 1.69 bits per heavy atom. The van der Waals surface area contributed by atoms with Crippen LogP contribution in [0.3, 0.4) is 0 Å². The number of nitrogens with zero attached hydrogens (tertiary/aromatic N) is 1. The van der Waals surface area contributed by atoms with E-state index in [-0.39, 0.29) is 0 Å². The van der Waals surface area contributed by atoms with Crippen LogP contribution in [0, 0.1) is 0 Å². The number of amides is 6. The van der Waals surface area contributed by atoms with Gasteiger partial charge in [-0.3, -0.25) is 24.6 Å². The number of esters is 1. The van der Waals surface area contributed by atoms with Crippen molar-refractivity contribution in [3.05, 3.63) is 0 Å². The maximum Gasteiger partial charge on any atom is 0.327 e. The summed E-state index contributed by atoms with van der Waals surface area (Å²) in [5.41, 5.74) is -1.55. The van der Waals surface area contributed by atoms with Gasteiger partial charge in [-0.25, -0.2) is 9.59 Å². The van der Waals surface area contributed by atoms with Crippen molar-refractivity contribution in [2.45, 2.75) is 84.4 Å². The molecule has 164 valence electrons. The SMILES string of the molecule is CCCC1(CCC)NC(=O)N(CC(=O)O[C@@H](C)C(=O)NC(=O)NC(C)(C)C)C1=O. The highest BCUT2D eigenvalue weighted by Gasteiger charge is 2.50. The minimum absolute atomic E-state index is 0.468. The number of urea groups is 2. The van der Waals surface area contributed by atoms with Crippen molar-refractivity contribution in [2.24, 2.45) is 0 Å². The molecule has 1 fully saturated rings. The first-order chi connectivity index (χ1) is 13.3. The van der Waals surface area contributed by atoms with E-state index >= 15 is 0 Å². The number of ether oxygens (including phenoxy) is 1. The van der Waals surface area contributed by atoms with Gasteiger partial charge in [0.15, 0.2) is 6.10 Å². The molecule has 0 radical (unpaired) electrons. The third-order valence-electron chi connectivity index (χ3n) is 4.29. The van der Waals surface area contributed by atoms with Crippen molar-refractivity contribution in [3.63, 3.8) is 0 Å². The highest BCUT2D eigenvalue weighted by Crippen LogP contribution is 2.28. The lowest BCUT2D eigenvalue weighted by atomic mass is 9.88. The summed E-state index contributed by atoms with van der Waals surface area (Å²) in [6.07, 6.45) is 1.05. The number of imide groups is 2. The van der Waals surface area contributed by atoms with E-state index in [0.29, 0.717) is 25.7 Å². The molecule has 1 atom stereocenters. The van der Waals surface area contributed by atoms with Gasteiger partial charge in [0.1, 0.15) is 12.1 Å². The van der Waals surface area contributed by atoms with Gasteiger partial charge in [0, 0.05) is 5.54 Å². The molecular formula is C19H32N4O6. The van der Waals surface area contributed by atoms with E-state index < -0.39 is 53.6 Å². The normalized spacial score (nSPS) is 16.8. The molecule has 3 N–H and O–H groups in total. The Morgan fingerprint density at radius 1 is 1.14 bits per heavy atom. The first kappa shape index (κ1) is 24.4. The van der Waals surface area contributed by atoms with Crippen molar-refractivity contribution >= 4 is 29.8 Å². The maximum absolute atomic E-state index is 12.8. The molecule has 1 heterocycles. The van der Waals surface area contributed by atoms with Crippen LogP contribution in [0.5, 0.6) is 0 Å². The molecule has 0 saturated carbocycles. The Bertz CT molecular complexity index is 664. The average Bonchev–Trinajstić information content (AvgIpc) is 2.78. The van der Waals surface area contributed by atoms with Crippen LogP contribution >= 0.6 is 0 Å². The molecule has 0 aliphatic carbocycles. The molecule has 0 aromatic rings. The number of nitrogens with one attached hydrogen (secondary N) is 3. The second-order valence-electron chi connectivity index (χ2n) is 8.23. The van der Waals surface area contributed by atoms with Crippen LogP contribution in [0.2, 0.25) is 0 Å². The van der Waals surface area contributed by atoms with E-state index in [1.807, 2.05) is 13.8 Å². The molecule has 0 spiro atoms. The van der Waals surface area contributed by atoms with Gasteiger partial charge in [0.05, 0.1) is 0 Å². The number of hydrogen-bond acceptors (Lipinski definition) is 6. The fraction of sp³-hybridized carbons (Fsp3) is 0.737. The van der Waals surface area contributed by atoms with Gasteiger partial charge >= 0.3 is 18.0 Å². The molecule has 10 nitrogen and oxygen atoms in total. The molecular weight excluding hydrogens is 380 g/mol. The maximum atomic E-state index is 12.8. The van der Waals surface area contributed by atoms with Crippen molar-refractivity contribution in [1.82, 2.24) is 20.9 Å². The minimum Gasteiger partial charge on any atom is -0.451 e. The lowest BCUT2D eigenvalue weighted by molar-refractivity contribution is -0.156. The fourth-order valence-electron chi connectivity index (χ4n) is 3.14. The average molecular weight is 412 g/mol. The molecule has 0 bridgehead atoms. The van der Waals surface area contributed by atoms with E-state index in [2.05, 4.69) is 16.0 Å². The first-order valence-electron chi connectivity index (χ1n) is 9.81. The molecule has 0 unspecified atom stereocenters. The zero-order valence-corrected chi connectivity index (χ0v) is 18.0.